The molecular weight excluding hydrogens is 314 g/mol. The lowest BCUT2D eigenvalue weighted by atomic mass is 9.94. The van der Waals surface area contributed by atoms with Gasteiger partial charge in [0.15, 0.2) is 0 Å². The Morgan fingerprint density at radius 1 is 0.920 bits per heavy atom. The van der Waals surface area contributed by atoms with Crippen LogP contribution in [0.15, 0.2) is 54.6 Å². The number of carbonyl (C=O) groups is 2. The van der Waals surface area contributed by atoms with Gasteiger partial charge in [0.1, 0.15) is 0 Å². The third-order valence-electron chi connectivity index (χ3n) is 4.47. The fraction of sp³-hybridized carbons (Fsp3) is 0.300. The Morgan fingerprint density at radius 2 is 1.52 bits per heavy atom. The average molecular weight is 339 g/mol. The SMILES string of the molecule is CCC(N)(CC)CNC(=O)c1ccccc1NC(=O)c1ccccc1. The van der Waals surface area contributed by atoms with E-state index in [9.17, 15) is 9.59 Å². The molecule has 0 saturated carbocycles. The molecule has 0 aliphatic carbocycles. The summed E-state index contributed by atoms with van der Waals surface area (Å²) in [5.74, 6) is -0.503. The molecular formula is C20H25N3O2. The maximum absolute atomic E-state index is 12.5. The summed E-state index contributed by atoms with van der Waals surface area (Å²) in [5.41, 5.74) is 7.25. The summed E-state index contributed by atoms with van der Waals surface area (Å²) in [6.45, 7) is 4.40. The first-order chi connectivity index (χ1) is 12.0. The second-order valence-corrected chi connectivity index (χ2v) is 6.12. The standard InChI is InChI=1S/C20H25N3O2/c1-3-20(21,4-2)14-22-19(25)16-12-8-9-13-17(16)23-18(24)15-10-6-5-7-11-15/h5-13H,3-4,14,21H2,1-2H3,(H,22,25)(H,23,24). The molecule has 0 spiro atoms. The number of amides is 2. The monoisotopic (exact) mass is 339 g/mol. The minimum atomic E-state index is -0.419. The Hall–Kier alpha value is -2.66. The number of anilines is 1. The van der Waals surface area contributed by atoms with Crippen molar-refractivity contribution >= 4 is 17.5 Å². The maximum Gasteiger partial charge on any atom is 0.255 e. The predicted molar refractivity (Wildman–Crippen MR) is 101 cm³/mol. The van der Waals surface area contributed by atoms with E-state index in [-0.39, 0.29) is 11.8 Å². The van der Waals surface area contributed by atoms with Gasteiger partial charge < -0.3 is 16.4 Å². The molecule has 2 amide bonds. The minimum absolute atomic E-state index is 0.249. The van der Waals surface area contributed by atoms with E-state index in [2.05, 4.69) is 10.6 Å². The van der Waals surface area contributed by atoms with Gasteiger partial charge in [-0.2, -0.15) is 0 Å². The molecule has 0 aliphatic rings. The fourth-order valence-corrected chi connectivity index (χ4v) is 2.43. The third kappa shape index (κ3) is 4.90. The molecule has 4 N–H and O–H groups in total. The van der Waals surface area contributed by atoms with Crippen LogP contribution in [-0.4, -0.2) is 23.9 Å². The highest BCUT2D eigenvalue weighted by Gasteiger charge is 2.22. The summed E-state index contributed by atoms with van der Waals surface area (Å²) < 4.78 is 0. The number of benzene rings is 2. The number of hydrogen-bond donors (Lipinski definition) is 3. The zero-order chi connectivity index (χ0) is 18.3. The first-order valence-electron chi connectivity index (χ1n) is 8.51. The fourth-order valence-electron chi connectivity index (χ4n) is 2.43. The van der Waals surface area contributed by atoms with E-state index in [1.54, 1.807) is 48.5 Å². The van der Waals surface area contributed by atoms with Crippen molar-refractivity contribution in [2.75, 3.05) is 11.9 Å². The zero-order valence-corrected chi connectivity index (χ0v) is 14.7. The number of carbonyl (C=O) groups excluding carboxylic acids is 2. The van der Waals surface area contributed by atoms with Crippen molar-refractivity contribution in [3.63, 3.8) is 0 Å². The molecule has 132 valence electrons. The normalized spacial score (nSPS) is 11.0. The third-order valence-corrected chi connectivity index (χ3v) is 4.47. The van der Waals surface area contributed by atoms with Crippen molar-refractivity contribution < 1.29 is 9.59 Å². The summed E-state index contributed by atoms with van der Waals surface area (Å²) in [7, 11) is 0. The molecule has 5 nitrogen and oxygen atoms in total. The molecule has 5 heteroatoms. The zero-order valence-electron chi connectivity index (χ0n) is 14.7. The molecule has 0 fully saturated rings. The molecule has 0 aromatic heterocycles. The second kappa shape index (κ2) is 8.44. The molecule has 2 rings (SSSR count). The van der Waals surface area contributed by atoms with Gasteiger partial charge in [0.05, 0.1) is 11.3 Å². The lowest BCUT2D eigenvalue weighted by Gasteiger charge is -2.27. The van der Waals surface area contributed by atoms with Crippen LogP contribution in [0.3, 0.4) is 0 Å². The number of para-hydroxylation sites is 1. The van der Waals surface area contributed by atoms with Gasteiger partial charge in [-0.3, -0.25) is 9.59 Å². The summed E-state index contributed by atoms with van der Waals surface area (Å²) in [6, 6.07) is 15.8. The van der Waals surface area contributed by atoms with E-state index in [4.69, 9.17) is 5.73 Å². The highest BCUT2D eigenvalue weighted by Crippen LogP contribution is 2.17. The van der Waals surface area contributed by atoms with Crippen molar-refractivity contribution in [1.82, 2.24) is 5.32 Å². The van der Waals surface area contributed by atoms with E-state index < -0.39 is 5.54 Å². The summed E-state index contributed by atoms with van der Waals surface area (Å²) >= 11 is 0. The van der Waals surface area contributed by atoms with Crippen molar-refractivity contribution in [3.8, 4) is 0 Å². The largest absolute Gasteiger partial charge is 0.350 e. The Kier molecular flexibility index (Phi) is 6.31. The molecule has 0 radical (unpaired) electrons. The number of hydrogen-bond acceptors (Lipinski definition) is 3. The van der Waals surface area contributed by atoms with Gasteiger partial charge in [-0.25, -0.2) is 0 Å². The maximum atomic E-state index is 12.5. The van der Waals surface area contributed by atoms with E-state index in [0.717, 1.165) is 12.8 Å². The van der Waals surface area contributed by atoms with Gasteiger partial charge in [0.2, 0.25) is 0 Å². The molecule has 0 bridgehead atoms. The lowest BCUT2D eigenvalue weighted by Crippen LogP contribution is -2.49. The van der Waals surface area contributed by atoms with Crippen LogP contribution in [-0.2, 0) is 0 Å². The van der Waals surface area contributed by atoms with Gasteiger partial charge >= 0.3 is 0 Å². The minimum Gasteiger partial charge on any atom is -0.350 e. The number of nitrogens with one attached hydrogen (secondary N) is 2. The Labute approximate surface area is 148 Å². The van der Waals surface area contributed by atoms with Gasteiger partial charge in [-0.1, -0.05) is 44.2 Å². The molecule has 0 saturated heterocycles. The van der Waals surface area contributed by atoms with Crippen LogP contribution in [0.1, 0.15) is 47.4 Å². The van der Waals surface area contributed by atoms with Crippen LogP contribution in [0.2, 0.25) is 0 Å². The van der Waals surface area contributed by atoms with Crippen molar-refractivity contribution in [3.05, 3.63) is 65.7 Å². The number of rotatable bonds is 7. The van der Waals surface area contributed by atoms with Gasteiger partial charge in [0.25, 0.3) is 11.8 Å². The topological polar surface area (TPSA) is 84.2 Å². The quantitative estimate of drug-likeness (QED) is 0.724. The average Bonchev–Trinajstić information content (AvgIpc) is 2.67. The van der Waals surface area contributed by atoms with E-state index in [1.165, 1.54) is 0 Å². The van der Waals surface area contributed by atoms with E-state index >= 15 is 0 Å². The Balaban J connectivity index is 2.12. The van der Waals surface area contributed by atoms with Gasteiger partial charge in [0, 0.05) is 17.6 Å². The van der Waals surface area contributed by atoms with Crippen LogP contribution >= 0.6 is 0 Å². The molecule has 2 aromatic carbocycles. The van der Waals surface area contributed by atoms with Crippen molar-refractivity contribution in [1.29, 1.82) is 0 Å². The molecule has 2 aromatic rings. The molecule has 0 atom stereocenters. The Morgan fingerprint density at radius 3 is 2.16 bits per heavy atom. The number of nitrogens with two attached hydrogens (primary N) is 1. The first kappa shape index (κ1) is 18.7. The Bertz CT molecular complexity index is 725. The summed E-state index contributed by atoms with van der Waals surface area (Å²) in [4.78, 5) is 24.9. The van der Waals surface area contributed by atoms with Crippen molar-refractivity contribution in [2.24, 2.45) is 5.73 Å². The lowest BCUT2D eigenvalue weighted by molar-refractivity contribution is 0.0943. The highest BCUT2D eigenvalue weighted by molar-refractivity contribution is 6.08. The molecule has 25 heavy (non-hydrogen) atoms. The van der Waals surface area contributed by atoms with E-state index in [1.807, 2.05) is 19.9 Å². The summed E-state index contributed by atoms with van der Waals surface area (Å²) in [5, 5.41) is 5.68. The van der Waals surface area contributed by atoms with Crippen LogP contribution in [0.5, 0.6) is 0 Å². The summed E-state index contributed by atoms with van der Waals surface area (Å²) in [6.07, 6.45) is 1.55. The van der Waals surface area contributed by atoms with Gasteiger partial charge in [-0.15, -0.1) is 0 Å². The smallest absolute Gasteiger partial charge is 0.255 e. The van der Waals surface area contributed by atoms with Crippen LogP contribution < -0.4 is 16.4 Å². The second-order valence-electron chi connectivity index (χ2n) is 6.12. The molecule has 0 unspecified atom stereocenters. The van der Waals surface area contributed by atoms with Crippen LogP contribution in [0, 0.1) is 0 Å². The van der Waals surface area contributed by atoms with Crippen LogP contribution in [0.4, 0.5) is 5.69 Å². The molecule has 0 heterocycles. The van der Waals surface area contributed by atoms with Crippen LogP contribution in [0.25, 0.3) is 0 Å². The predicted octanol–water partition coefficient (Wildman–Crippen LogP) is 3.19. The first-order valence-corrected chi connectivity index (χ1v) is 8.51. The molecule has 0 aliphatic heterocycles. The van der Waals surface area contributed by atoms with E-state index in [0.29, 0.717) is 23.4 Å². The van der Waals surface area contributed by atoms with Crippen molar-refractivity contribution in [2.45, 2.75) is 32.2 Å². The highest BCUT2D eigenvalue weighted by atomic mass is 16.2. The van der Waals surface area contributed by atoms with Gasteiger partial charge in [-0.05, 0) is 37.1 Å².